The SMILES string of the molecule is COc1c(C2CCC(C(F)(F)F)CC2C(=O)Nc2ccnc(SN)c2)ccc(F)c1F. The smallest absolute Gasteiger partial charge is 0.391 e. The average molecular weight is 461 g/mol. The van der Waals surface area contributed by atoms with Gasteiger partial charge in [-0.2, -0.15) is 17.6 Å². The number of nitrogens with zero attached hydrogens (tertiary/aromatic N) is 1. The average Bonchev–Trinajstić information content (AvgIpc) is 2.74. The highest BCUT2D eigenvalue weighted by Crippen LogP contribution is 2.48. The van der Waals surface area contributed by atoms with E-state index in [9.17, 15) is 26.7 Å². The van der Waals surface area contributed by atoms with Crippen LogP contribution in [0.4, 0.5) is 27.6 Å². The Hall–Kier alpha value is -2.40. The molecule has 1 saturated carbocycles. The zero-order valence-corrected chi connectivity index (χ0v) is 17.2. The van der Waals surface area contributed by atoms with E-state index in [0.29, 0.717) is 10.7 Å². The number of alkyl halides is 3. The van der Waals surface area contributed by atoms with Gasteiger partial charge in [0.2, 0.25) is 11.7 Å². The summed E-state index contributed by atoms with van der Waals surface area (Å²) in [7, 11) is 1.14. The molecule has 1 aromatic heterocycles. The van der Waals surface area contributed by atoms with E-state index >= 15 is 0 Å². The molecule has 0 aliphatic heterocycles. The second-order valence-corrected chi connectivity index (χ2v) is 7.89. The van der Waals surface area contributed by atoms with E-state index in [1.807, 2.05) is 0 Å². The number of halogens is 5. The Balaban J connectivity index is 1.96. The Morgan fingerprint density at radius 1 is 1.26 bits per heavy atom. The first kappa shape index (κ1) is 23.3. The molecule has 0 bridgehead atoms. The minimum absolute atomic E-state index is 0.0378. The summed E-state index contributed by atoms with van der Waals surface area (Å²) in [6, 6.07) is 5.10. The molecule has 1 aliphatic carbocycles. The van der Waals surface area contributed by atoms with Crippen LogP contribution < -0.4 is 15.2 Å². The molecule has 3 unspecified atom stereocenters. The van der Waals surface area contributed by atoms with E-state index in [1.54, 1.807) is 0 Å². The number of aromatic nitrogens is 1. The largest absolute Gasteiger partial charge is 0.493 e. The van der Waals surface area contributed by atoms with Crippen molar-refractivity contribution in [1.29, 1.82) is 0 Å². The summed E-state index contributed by atoms with van der Waals surface area (Å²) in [4.78, 5) is 17.0. The van der Waals surface area contributed by atoms with E-state index in [0.717, 1.165) is 25.1 Å². The zero-order valence-electron chi connectivity index (χ0n) is 16.4. The molecule has 3 rings (SSSR count). The molecule has 1 fully saturated rings. The standard InChI is InChI=1S/C20H20F5N3O2S/c1-30-18-13(4-5-15(21)17(18)22)12-3-2-10(20(23,24)25)8-14(12)19(29)28-11-6-7-27-16(9-11)31-26/h4-7,9-10,12,14H,2-3,8,26H2,1H3,(H,27,28,29). The minimum atomic E-state index is -4.47. The number of pyridine rings is 1. The molecule has 5 nitrogen and oxygen atoms in total. The van der Waals surface area contributed by atoms with Crippen molar-refractivity contribution < 1.29 is 31.5 Å². The number of hydrogen-bond acceptors (Lipinski definition) is 5. The summed E-state index contributed by atoms with van der Waals surface area (Å²) < 4.78 is 73.1. The van der Waals surface area contributed by atoms with E-state index in [4.69, 9.17) is 9.88 Å². The van der Waals surface area contributed by atoms with Crippen molar-refractivity contribution in [3.05, 3.63) is 47.7 Å². The molecule has 1 amide bonds. The predicted octanol–water partition coefficient (Wildman–Crippen LogP) is 5.04. The lowest BCUT2D eigenvalue weighted by Gasteiger charge is -2.36. The Kier molecular flexibility index (Phi) is 7.05. The summed E-state index contributed by atoms with van der Waals surface area (Å²) in [6.07, 6.45) is -3.82. The number of anilines is 1. The maximum atomic E-state index is 14.2. The van der Waals surface area contributed by atoms with Gasteiger partial charge in [0, 0.05) is 23.4 Å². The van der Waals surface area contributed by atoms with Crippen LogP contribution in [-0.2, 0) is 4.79 Å². The van der Waals surface area contributed by atoms with Gasteiger partial charge >= 0.3 is 6.18 Å². The van der Waals surface area contributed by atoms with Crippen molar-refractivity contribution in [1.82, 2.24) is 4.98 Å². The summed E-state index contributed by atoms with van der Waals surface area (Å²) in [5, 5.41) is 8.46. The van der Waals surface area contributed by atoms with Crippen molar-refractivity contribution in [2.75, 3.05) is 12.4 Å². The van der Waals surface area contributed by atoms with Gasteiger partial charge in [-0.05, 0) is 55.3 Å². The third kappa shape index (κ3) is 5.09. The molecule has 1 aromatic carbocycles. The monoisotopic (exact) mass is 461 g/mol. The van der Waals surface area contributed by atoms with Crippen LogP contribution >= 0.6 is 11.9 Å². The number of rotatable bonds is 5. The van der Waals surface area contributed by atoms with Crippen LogP contribution in [0.1, 0.15) is 30.7 Å². The van der Waals surface area contributed by atoms with E-state index in [1.165, 1.54) is 24.4 Å². The van der Waals surface area contributed by atoms with E-state index in [2.05, 4.69) is 10.3 Å². The van der Waals surface area contributed by atoms with Crippen LogP contribution in [0, 0.1) is 23.5 Å². The Morgan fingerprint density at radius 3 is 2.65 bits per heavy atom. The summed E-state index contributed by atoms with van der Waals surface area (Å²) in [5.74, 6) is -7.05. The second kappa shape index (κ2) is 9.39. The molecule has 31 heavy (non-hydrogen) atoms. The molecule has 3 atom stereocenters. The minimum Gasteiger partial charge on any atom is -0.493 e. The lowest BCUT2D eigenvalue weighted by molar-refractivity contribution is -0.187. The maximum absolute atomic E-state index is 14.2. The first-order chi connectivity index (χ1) is 14.7. The summed E-state index contributed by atoms with van der Waals surface area (Å²) in [5.41, 5.74) is 0.480. The first-order valence-electron chi connectivity index (χ1n) is 9.38. The van der Waals surface area contributed by atoms with Crippen LogP contribution in [0.5, 0.6) is 5.75 Å². The third-order valence-corrected chi connectivity index (χ3v) is 5.92. The molecule has 0 saturated heterocycles. The molecule has 1 heterocycles. The van der Waals surface area contributed by atoms with Gasteiger partial charge < -0.3 is 10.1 Å². The van der Waals surface area contributed by atoms with Gasteiger partial charge in [0.25, 0.3) is 0 Å². The molecule has 0 radical (unpaired) electrons. The van der Waals surface area contributed by atoms with Gasteiger partial charge in [-0.15, -0.1) is 0 Å². The van der Waals surface area contributed by atoms with Crippen molar-refractivity contribution in [2.24, 2.45) is 17.0 Å². The van der Waals surface area contributed by atoms with Gasteiger partial charge in [0.05, 0.1) is 13.0 Å². The summed E-state index contributed by atoms with van der Waals surface area (Å²) in [6.45, 7) is 0. The molecule has 3 N–H and O–H groups in total. The number of ether oxygens (including phenoxy) is 1. The molecular formula is C20H20F5N3O2S. The fourth-order valence-electron chi connectivity index (χ4n) is 3.96. The second-order valence-electron chi connectivity index (χ2n) is 7.24. The van der Waals surface area contributed by atoms with Crippen LogP contribution in [0.3, 0.4) is 0 Å². The lowest BCUT2D eigenvalue weighted by atomic mass is 9.70. The van der Waals surface area contributed by atoms with Crippen molar-refractivity contribution in [2.45, 2.75) is 36.4 Å². The number of carbonyl (C=O) groups is 1. The Bertz CT molecular complexity index is 957. The van der Waals surface area contributed by atoms with Crippen molar-refractivity contribution in [3.8, 4) is 5.75 Å². The number of amides is 1. The van der Waals surface area contributed by atoms with Crippen LogP contribution in [0.25, 0.3) is 0 Å². The van der Waals surface area contributed by atoms with Gasteiger partial charge in [0.1, 0.15) is 5.03 Å². The molecule has 168 valence electrons. The van der Waals surface area contributed by atoms with E-state index in [-0.39, 0.29) is 18.4 Å². The van der Waals surface area contributed by atoms with Gasteiger partial charge in [-0.1, -0.05) is 6.07 Å². The van der Waals surface area contributed by atoms with E-state index < -0.39 is 53.6 Å². The first-order valence-corrected chi connectivity index (χ1v) is 10.3. The molecule has 0 spiro atoms. The van der Waals surface area contributed by atoms with Gasteiger partial charge in [-0.25, -0.2) is 9.37 Å². The topological polar surface area (TPSA) is 77.2 Å². The highest BCUT2D eigenvalue weighted by Gasteiger charge is 2.47. The number of benzene rings is 1. The number of nitrogens with one attached hydrogen (secondary N) is 1. The van der Waals surface area contributed by atoms with Gasteiger partial charge in [0.15, 0.2) is 11.6 Å². The molecular weight excluding hydrogens is 441 g/mol. The molecule has 11 heteroatoms. The number of nitrogens with two attached hydrogens (primary N) is 1. The number of hydrogen-bond donors (Lipinski definition) is 2. The fraction of sp³-hybridized carbons (Fsp3) is 0.400. The maximum Gasteiger partial charge on any atom is 0.391 e. The zero-order chi connectivity index (χ0) is 22.8. The van der Waals surface area contributed by atoms with Gasteiger partial charge in [-0.3, -0.25) is 9.93 Å². The predicted molar refractivity (Wildman–Crippen MR) is 105 cm³/mol. The van der Waals surface area contributed by atoms with Crippen LogP contribution in [-0.4, -0.2) is 24.2 Å². The lowest BCUT2D eigenvalue weighted by Crippen LogP contribution is -2.38. The normalized spacial score (nSPS) is 21.6. The summed E-state index contributed by atoms with van der Waals surface area (Å²) >= 11 is 0.850. The quantitative estimate of drug-likeness (QED) is 0.482. The number of methoxy groups -OCH3 is 1. The Labute approximate surface area is 179 Å². The number of carbonyl (C=O) groups excluding carboxylic acids is 1. The Morgan fingerprint density at radius 2 is 2.00 bits per heavy atom. The van der Waals surface area contributed by atoms with Crippen molar-refractivity contribution in [3.63, 3.8) is 0 Å². The fourth-order valence-corrected chi connectivity index (χ4v) is 4.28. The van der Waals surface area contributed by atoms with Crippen LogP contribution in [0.2, 0.25) is 0 Å². The third-order valence-electron chi connectivity index (χ3n) is 5.46. The molecule has 1 aliphatic rings. The highest BCUT2D eigenvalue weighted by atomic mass is 32.2. The van der Waals surface area contributed by atoms with Crippen molar-refractivity contribution >= 4 is 23.5 Å². The molecule has 2 aromatic rings. The van der Waals surface area contributed by atoms with Crippen LogP contribution in [0.15, 0.2) is 35.5 Å². The highest BCUT2D eigenvalue weighted by molar-refractivity contribution is 7.97.